The van der Waals surface area contributed by atoms with Crippen LogP contribution in [-0.4, -0.2) is 52.7 Å². The molecule has 0 fully saturated rings. The molecular weight excluding hydrogens is 244 g/mol. The van der Waals surface area contributed by atoms with Gasteiger partial charge in [0.15, 0.2) is 5.82 Å². The molecule has 0 aliphatic rings. The van der Waals surface area contributed by atoms with Gasteiger partial charge in [0.2, 0.25) is 0 Å². The minimum Gasteiger partial charge on any atom is -0.366 e. The second-order valence-corrected chi connectivity index (χ2v) is 4.44. The monoisotopic (exact) mass is 262 g/mol. The molecule has 2 aromatic heterocycles. The maximum atomic E-state index is 11.3. The van der Waals surface area contributed by atoms with Crippen LogP contribution in [0.1, 0.15) is 0 Å². The number of nitrogens with one attached hydrogen (secondary N) is 2. The number of amides is 2. The number of rotatable bonds is 4. The first-order chi connectivity index (χ1) is 9.09. The molecule has 0 saturated heterocycles. The van der Waals surface area contributed by atoms with E-state index in [-0.39, 0.29) is 6.03 Å². The van der Waals surface area contributed by atoms with Crippen molar-refractivity contribution in [2.45, 2.75) is 0 Å². The fraction of sp³-hybridized carbons (Fsp3) is 0.417. The molecule has 0 bridgehead atoms. The second kappa shape index (κ2) is 5.55. The molecule has 2 heterocycles. The first kappa shape index (κ1) is 13.1. The number of aryl methyl sites for hydroxylation is 1. The molecule has 0 spiro atoms. The smallest absolute Gasteiger partial charge is 0.316 e. The number of nitrogens with zero attached hydrogens (tertiary/aromatic N) is 4. The van der Waals surface area contributed by atoms with Crippen molar-refractivity contribution < 1.29 is 4.79 Å². The Morgan fingerprint density at radius 1 is 1.37 bits per heavy atom. The minimum atomic E-state index is -0.106. The Bertz CT molecular complexity index is 577. The minimum absolute atomic E-state index is 0.106. The Hall–Kier alpha value is -2.31. The average molecular weight is 262 g/mol. The molecule has 2 rings (SSSR count). The largest absolute Gasteiger partial charge is 0.366 e. The number of carbonyl (C=O) groups is 1. The van der Waals surface area contributed by atoms with Gasteiger partial charge in [-0.2, -0.15) is 0 Å². The van der Waals surface area contributed by atoms with Crippen LogP contribution in [0.15, 0.2) is 18.6 Å². The van der Waals surface area contributed by atoms with Crippen molar-refractivity contribution in [3.63, 3.8) is 0 Å². The van der Waals surface area contributed by atoms with Gasteiger partial charge in [-0.3, -0.25) is 0 Å². The summed E-state index contributed by atoms with van der Waals surface area (Å²) in [5.41, 5.74) is 1.86. The number of hydrogen-bond acceptors (Lipinski definition) is 4. The lowest BCUT2D eigenvalue weighted by molar-refractivity contribution is 0.218. The molecule has 0 aromatic carbocycles. The molecule has 2 N–H and O–H groups in total. The van der Waals surface area contributed by atoms with Crippen molar-refractivity contribution in [1.29, 1.82) is 0 Å². The zero-order chi connectivity index (χ0) is 13.8. The van der Waals surface area contributed by atoms with Crippen molar-refractivity contribution in [2.75, 3.05) is 32.5 Å². The van der Waals surface area contributed by atoms with Crippen LogP contribution in [0.25, 0.3) is 11.0 Å². The van der Waals surface area contributed by atoms with Gasteiger partial charge in [-0.25, -0.2) is 14.8 Å². The first-order valence-electron chi connectivity index (χ1n) is 6.04. The maximum absolute atomic E-state index is 11.3. The number of fused-ring (bicyclic) bond motifs is 1. The van der Waals surface area contributed by atoms with Gasteiger partial charge in [0.1, 0.15) is 5.52 Å². The predicted molar refractivity (Wildman–Crippen MR) is 74.1 cm³/mol. The highest BCUT2D eigenvalue weighted by molar-refractivity contribution is 5.85. The summed E-state index contributed by atoms with van der Waals surface area (Å²) >= 11 is 0. The highest BCUT2D eigenvalue weighted by atomic mass is 16.2. The van der Waals surface area contributed by atoms with Crippen molar-refractivity contribution >= 4 is 22.9 Å². The van der Waals surface area contributed by atoms with Gasteiger partial charge in [-0.05, 0) is 6.07 Å². The number of anilines is 1. The highest BCUT2D eigenvalue weighted by Crippen LogP contribution is 2.17. The molecule has 0 aliphatic carbocycles. The van der Waals surface area contributed by atoms with Gasteiger partial charge in [0.25, 0.3) is 0 Å². The van der Waals surface area contributed by atoms with Crippen LogP contribution in [0.3, 0.4) is 0 Å². The number of urea groups is 1. The molecule has 2 aromatic rings. The molecule has 0 atom stereocenters. The first-order valence-corrected chi connectivity index (χ1v) is 6.04. The average Bonchev–Trinajstić information content (AvgIpc) is 2.77. The molecule has 0 aliphatic heterocycles. The quantitative estimate of drug-likeness (QED) is 0.793. The Balaban J connectivity index is 1.93. The predicted octanol–water partition coefficient (Wildman–Crippen LogP) is 0.651. The fourth-order valence-electron chi connectivity index (χ4n) is 1.70. The lowest BCUT2D eigenvalue weighted by atomic mass is 10.3. The van der Waals surface area contributed by atoms with Crippen LogP contribution in [0, 0.1) is 0 Å². The summed E-state index contributed by atoms with van der Waals surface area (Å²) in [5, 5.41) is 5.95. The third-order valence-corrected chi connectivity index (χ3v) is 2.74. The van der Waals surface area contributed by atoms with E-state index in [0.717, 1.165) is 16.9 Å². The molecule has 7 heteroatoms. The van der Waals surface area contributed by atoms with Gasteiger partial charge in [0.05, 0.1) is 11.8 Å². The Morgan fingerprint density at radius 3 is 2.89 bits per heavy atom. The van der Waals surface area contributed by atoms with Gasteiger partial charge in [-0.15, -0.1) is 0 Å². The van der Waals surface area contributed by atoms with Crippen LogP contribution < -0.4 is 10.6 Å². The Morgan fingerprint density at radius 2 is 2.16 bits per heavy atom. The van der Waals surface area contributed by atoms with Crippen molar-refractivity contribution in [2.24, 2.45) is 7.05 Å². The van der Waals surface area contributed by atoms with E-state index < -0.39 is 0 Å². The second-order valence-electron chi connectivity index (χ2n) is 4.44. The number of hydrogen-bond donors (Lipinski definition) is 2. The van der Waals surface area contributed by atoms with E-state index in [4.69, 9.17) is 0 Å². The number of imidazole rings is 1. The zero-order valence-corrected chi connectivity index (χ0v) is 11.3. The van der Waals surface area contributed by atoms with E-state index in [1.165, 1.54) is 4.90 Å². The van der Waals surface area contributed by atoms with Crippen molar-refractivity contribution in [3.8, 4) is 0 Å². The lowest BCUT2D eigenvalue weighted by Gasteiger charge is -2.12. The van der Waals surface area contributed by atoms with Crippen LogP contribution in [-0.2, 0) is 7.05 Å². The van der Waals surface area contributed by atoms with Gasteiger partial charge < -0.3 is 20.1 Å². The standard InChI is InChI=1S/C12H18N6O/c1-17(2)12(19)15-7-6-14-11-10-9(4-5-13-11)18(3)8-16-10/h4-5,8H,6-7H2,1-3H3,(H,13,14)(H,15,19). The van der Waals surface area contributed by atoms with Crippen molar-refractivity contribution in [3.05, 3.63) is 18.6 Å². The van der Waals surface area contributed by atoms with E-state index in [0.29, 0.717) is 13.1 Å². The van der Waals surface area contributed by atoms with Crippen molar-refractivity contribution in [1.82, 2.24) is 24.8 Å². The van der Waals surface area contributed by atoms with E-state index in [2.05, 4.69) is 20.6 Å². The number of carbonyl (C=O) groups excluding carboxylic acids is 1. The van der Waals surface area contributed by atoms with Gasteiger partial charge in [0, 0.05) is 40.4 Å². The Labute approximate surface area is 111 Å². The highest BCUT2D eigenvalue weighted by Gasteiger charge is 2.06. The van der Waals surface area contributed by atoms with Crippen LogP contribution in [0.2, 0.25) is 0 Å². The van der Waals surface area contributed by atoms with E-state index in [1.807, 2.05) is 17.7 Å². The molecule has 0 unspecified atom stereocenters. The summed E-state index contributed by atoms with van der Waals surface area (Å²) in [5.74, 6) is 0.734. The summed E-state index contributed by atoms with van der Waals surface area (Å²) in [6, 6.07) is 1.81. The molecule has 0 radical (unpaired) electrons. The van der Waals surface area contributed by atoms with Crippen LogP contribution >= 0.6 is 0 Å². The van der Waals surface area contributed by atoms with Crippen LogP contribution in [0.5, 0.6) is 0 Å². The molecule has 102 valence electrons. The summed E-state index contributed by atoms with van der Waals surface area (Å²) < 4.78 is 1.94. The summed E-state index contributed by atoms with van der Waals surface area (Å²) in [6.45, 7) is 1.13. The third kappa shape index (κ3) is 2.93. The summed E-state index contributed by atoms with van der Waals surface area (Å²) in [7, 11) is 5.36. The number of pyridine rings is 1. The number of aromatic nitrogens is 3. The van der Waals surface area contributed by atoms with Gasteiger partial charge in [-0.1, -0.05) is 0 Å². The lowest BCUT2D eigenvalue weighted by Crippen LogP contribution is -2.37. The molecule has 2 amide bonds. The molecular formula is C12H18N6O. The van der Waals surface area contributed by atoms with Gasteiger partial charge >= 0.3 is 6.03 Å². The van der Waals surface area contributed by atoms with E-state index >= 15 is 0 Å². The topological polar surface area (TPSA) is 75.1 Å². The summed E-state index contributed by atoms with van der Waals surface area (Å²) in [6.07, 6.45) is 3.50. The molecule has 19 heavy (non-hydrogen) atoms. The maximum Gasteiger partial charge on any atom is 0.316 e. The van der Waals surface area contributed by atoms with E-state index in [1.54, 1.807) is 26.6 Å². The SMILES string of the molecule is CN(C)C(=O)NCCNc1nccc2c1ncn2C. The molecule has 0 saturated carbocycles. The fourth-order valence-corrected chi connectivity index (χ4v) is 1.70. The third-order valence-electron chi connectivity index (χ3n) is 2.74. The van der Waals surface area contributed by atoms with E-state index in [9.17, 15) is 4.79 Å². The molecule has 7 nitrogen and oxygen atoms in total. The Kier molecular flexibility index (Phi) is 3.84. The normalized spacial score (nSPS) is 10.5. The van der Waals surface area contributed by atoms with Crippen LogP contribution in [0.4, 0.5) is 10.6 Å². The zero-order valence-electron chi connectivity index (χ0n) is 11.3. The summed E-state index contributed by atoms with van der Waals surface area (Å²) in [4.78, 5) is 21.4.